The lowest BCUT2D eigenvalue weighted by atomic mass is 10.0. The normalized spacial score (nSPS) is 10.5. The smallest absolute Gasteiger partial charge is 0.141 e. The molecular formula is C15H11F3O. The Morgan fingerprint density at radius 1 is 0.895 bits per heavy atom. The molecule has 0 heterocycles. The van der Waals surface area contributed by atoms with E-state index in [2.05, 4.69) is 0 Å². The third kappa shape index (κ3) is 3.44. The van der Waals surface area contributed by atoms with Crippen LogP contribution >= 0.6 is 0 Å². The number of benzene rings is 2. The number of Topliss-reactive ketones (excluding diaryl/α,β-unsaturated/α-hetero) is 1. The molecule has 2 aromatic rings. The lowest BCUT2D eigenvalue weighted by Gasteiger charge is -2.04. The first-order valence-corrected chi connectivity index (χ1v) is 5.75. The highest BCUT2D eigenvalue weighted by Gasteiger charge is 2.13. The van der Waals surface area contributed by atoms with Gasteiger partial charge in [-0.2, -0.15) is 0 Å². The summed E-state index contributed by atoms with van der Waals surface area (Å²) < 4.78 is 39.7. The van der Waals surface area contributed by atoms with E-state index in [1.807, 2.05) is 0 Å². The minimum atomic E-state index is -0.743. The molecule has 0 fully saturated rings. The van der Waals surface area contributed by atoms with Crippen molar-refractivity contribution in [3.63, 3.8) is 0 Å². The summed E-state index contributed by atoms with van der Waals surface area (Å²) >= 11 is 0. The fourth-order valence-electron chi connectivity index (χ4n) is 1.84. The van der Waals surface area contributed by atoms with E-state index in [0.29, 0.717) is 5.56 Å². The van der Waals surface area contributed by atoms with Gasteiger partial charge in [0.25, 0.3) is 0 Å². The van der Waals surface area contributed by atoms with E-state index in [1.165, 1.54) is 24.3 Å². The van der Waals surface area contributed by atoms with Crippen molar-refractivity contribution in [2.75, 3.05) is 0 Å². The highest BCUT2D eigenvalue weighted by Crippen LogP contribution is 2.14. The molecular weight excluding hydrogens is 253 g/mol. The first-order chi connectivity index (χ1) is 9.06. The van der Waals surface area contributed by atoms with Crippen LogP contribution in [-0.4, -0.2) is 5.78 Å². The predicted octanol–water partition coefficient (Wildman–Crippen LogP) is 3.46. The summed E-state index contributed by atoms with van der Waals surface area (Å²) in [4.78, 5) is 11.7. The van der Waals surface area contributed by atoms with Crippen molar-refractivity contribution < 1.29 is 18.0 Å². The van der Waals surface area contributed by atoms with Crippen molar-refractivity contribution in [1.29, 1.82) is 0 Å². The van der Waals surface area contributed by atoms with Crippen molar-refractivity contribution in [2.45, 2.75) is 12.8 Å². The van der Waals surface area contributed by atoms with E-state index in [9.17, 15) is 18.0 Å². The van der Waals surface area contributed by atoms with Crippen LogP contribution in [-0.2, 0) is 17.6 Å². The van der Waals surface area contributed by atoms with Crippen LogP contribution in [0.15, 0.2) is 42.5 Å². The lowest BCUT2D eigenvalue weighted by molar-refractivity contribution is -0.117. The average Bonchev–Trinajstić information content (AvgIpc) is 2.34. The molecule has 0 bridgehead atoms. The van der Waals surface area contributed by atoms with Gasteiger partial charge in [0.15, 0.2) is 0 Å². The Morgan fingerprint density at radius 2 is 1.53 bits per heavy atom. The second kappa shape index (κ2) is 5.69. The van der Waals surface area contributed by atoms with Crippen LogP contribution in [0.5, 0.6) is 0 Å². The van der Waals surface area contributed by atoms with Crippen molar-refractivity contribution in [1.82, 2.24) is 0 Å². The molecule has 0 aliphatic heterocycles. The Bertz CT molecular complexity index is 588. The molecule has 0 saturated carbocycles. The van der Waals surface area contributed by atoms with Gasteiger partial charge in [0.2, 0.25) is 0 Å². The summed E-state index contributed by atoms with van der Waals surface area (Å²) in [5.74, 6) is -2.29. The van der Waals surface area contributed by atoms with E-state index in [-0.39, 0.29) is 24.2 Å². The highest BCUT2D eigenvalue weighted by atomic mass is 19.1. The van der Waals surface area contributed by atoms with Gasteiger partial charge >= 0.3 is 0 Å². The number of ketones is 1. The Balaban J connectivity index is 2.10. The number of hydrogen-bond donors (Lipinski definition) is 0. The maximum atomic E-state index is 13.4. The number of rotatable bonds is 4. The van der Waals surface area contributed by atoms with Crippen LogP contribution in [0.2, 0.25) is 0 Å². The summed E-state index contributed by atoms with van der Waals surface area (Å²) in [6.07, 6.45) is -0.388. The molecule has 0 spiro atoms. The largest absolute Gasteiger partial charge is 0.299 e. The zero-order chi connectivity index (χ0) is 13.8. The van der Waals surface area contributed by atoms with Gasteiger partial charge in [-0.25, -0.2) is 13.2 Å². The Labute approximate surface area is 108 Å². The summed E-state index contributed by atoms with van der Waals surface area (Å²) in [6.45, 7) is 0. The lowest BCUT2D eigenvalue weighted by Crippen LogP contribution is -2.09. The zero-order valence-corrected chi connectivity index (χ0v) is 10.00. The van der Waals surface area contributed by atoms with Crippen molar-refractivity contribution in [2.24, 2.45) is 0 Å². The van der Waals surface area contributed by atoms with E-state index in [0.717, 1.165) is 12.1 Å². The molecule has 98 valence electrons. The molecule has 2 aromatic carbocycles. The third-order valence-electron chi connectivity index (χ3n) is 2.73. The standard InChI is InChI=1S/C15H11F3O/c16-11-4-1-3-10(7-11)8-12(19)9-13-14(17)5-2-6-15(13)18/h1-7H,8-9H2. The SMILES string of the molecule is O=C(Cc1cccc(F)c1)Cc1c(F)cccc1F. The molecule has 0 N–H and O–H groups in total. The average molecular weight is 264 g/mol. The molecule has 19 heavy (non-hydrogen) atoms. The second-order valence-corrected chi connectivity index (χ2v) is 4.22. The molecule has 0 aliphatic carbocycles. The first-order valence-electron chi connectivity index (χ1n) is 5.75. The van der Waals surface area contributed by atoms with Gasteiger partial charge in [-0.3, -0.25) is 4.79 Å². The maximum Gasteiger partial charge on any atom is 0.141 e. The minimum absolute atomic E-state index is 0.0501. The summed E-state index contributed by atoms with van der Waals surface area (Å²) in [5, 5.41) is 0. The van der Waals surface area contributed by atoms with Gasteiger partial charge in [0.1, 0.15) is 23.2 Å². The minimum Gasteiger partial charge on any atom is -0.299 e. The van der Waals surface area contributed by atoms with E-state index in [4.69, 9.17) is 0 Å². The second-order valence-electron chi connectivity index (χ2n) is 4.22. The van der Waals surface area contributed by atoms with E-state index in [1.54, 1.807) is 6.07 Å². The van der Waals surface area contributed by atoms with Gasteiger partial charge in [0.05, 0.1) is 0 Å². The molecule has 1 nitrogen and oxygen atoms in total. The van der Waals surface area contributed by atoms with Crippen LogP contribution in [0.4, 0.5) is 13.2 Å². The predicted molar refractivity (Wildman–Crippen MR) is 65.2 cm³/mol. The van der Waals surface area contributed by atoms with Gasteiger partial charge in [-0.05, 0) is 29.8 Å². The number of carbonyl (C=O) groups is 1. The van der Waals surface area contributed by atoms with Crippen LogP contribution in [0.1, 0.15) is 11.1 Å². The van der Waals surface area contributed by atoms with Crippen molar-refractivity contribution in [3.05, 3.63) is 71.0 Å². The Morgan fingerprint density at radius 3 is 2.16 bits per heavy atom. The van der Waals surface area contributed by atoms with Gasteiger partial charge in [-0.1, -0.05) is 18.2 Å². The molecule has 0 amide bonds. The van der Waals surface area contributed by atoms with Crippen molar-refractivity contribution >= 4 is 5.78 Å². The molecule has 0 atom stereocenters. The summed E-state index contributed by atoms with van der Waals surface area (Å²) in [6, 6.07) is 9.04. The fraction of sp³-hybridized carbons (Fsp3) is 0.133. The van der Waals surface area contributed by atoms with Gasteiger partial charge in [-0.15, -0.1) is 0 Å². The molecule has 0 aromatic heterocycles. The molecule has 0 radical (unpaired) electrons. The van der Waals surface area contributed by atoms with Crippen LogP contribution in [0, 0.1) is 17.5 Å². The van der Waals surface area contributed by atoms with Gasteiger partial charge < -0.3 is 0 Å². The number of hydrogen-bond acceptors (Lipinski definition) is 1. The Kier molecular flexibility index (Phi) is 4.00. The summed E-state index contributed by atoms with van der Waals surface area (Å²) in [7, 11) is 0. The molecule has 2 rings (SSSR count). The Hall–Kier alpha value is -2.10. The topological polar surface area (TPSA) is 17.1 Å². The van der Waals surface area contributed by atoms with Crippen molar-refractivity contribution in [3.8, 4) is 0 Å². The summed E-state index contributed by atoms with van der Waals surface area (Å²) in [5.41, 5.74) is 0.241. The van der Waals surface area contributed by atoms with E-state index < -0.39 is 17.5 Å². The van der Waals surface area contributed by atoms with Crippen LogP contribution in [0.3, 0.4) is 0 Å². The molecule has 4 heteroatoms. The number of carbonyl (C=O) groups excluding carboxylic acids is 1. The van der Waals surface area contributed by atoms with Crippen LogP contribution < -0.4 is 0 Å². The fourth-order valence-corrected chi connectivity index (χ4v) is 1.84. The maximum absolute atomic E-state index is 13.4. The monoisotopic (exact) mass is 264 g/mol. The molecule has 0 aliphatic rings. The number of halogens is 3. The van der Waals surface area contributed by atoms with Crippen LogP contribution in [0.25, 0.3) is 0 Å². The quantitative estimate of drug-likeness (QED) is 0.826. The third-order valence-corrected chi connectivity index (χ3v) is 2.73. The molecule has 0 unspecified atom stereocenters. The first kappa shape index (κ1) is 13.3. The zero-order valence-electron chi connectivity index (χ0n) is 10.00. The van der Waals surface area contributed by atoms with E-state index >= 15 is 0 Å². The van der Waals surface area contributed by atoms with Gasteiger partial charge in [0, 0.05) is 18.4 Å². The highest BCUT2D eigenvalue weighted by molar-refractivity contribution is 5.83. The molecule has 0 saturated heterocycles.